The zero-order valence-corrected chi connectivity index (χ0v) is 20.2. The lowest BCUT2D eigenvalue weighted by atomic mass is 9.78. The molecule has 1 unspecified atom stereocenters. The minimum atomic E-state index is -3.55. The average Bonchev–Trinajstić information content (AvgIpc) is 2.76. The average molecular weight is 458 g/mol. The molecule has 174 valence electrons. The highest BCUT2D eigenvalue weighted by Crippen LogP contribution is 2.39. The molecule has 0 saturated heterocycles. The van der Waals surface area contributed by atoms with E-state index in [1.165, 1.54) is 0 Å². The van der Waals surface area contributed by atoms with E-state index in [1.807, 2.05) is 61.5 Å². The van der Waals surface area contributed by atoms with Crippen LogP contribution in [-0.4, -0.2) is 32.2 Å². The van der Waals surface area contributed by atoms with E-state index >= 15 is 0 Å². The number of rotatable bonds is 12. The number of ether oxygens (including phenoxy) is 2. The van der Waals surface area contributed by atoms with Crippen molar-refractivity contribution in [1.82, 2.24) is 4.31 Å². The Morgan fingerprint density at radius 3 is 1.78 bits per heavy atom. The van der Waals surface area contributed by atoms with Gasteiger partial charge in [0.2, 0.25) is 10.0 Å². The summed E-state index contributed by atoms with van der Waals surface area (Å²) in [4.78, 5) is 0. The number of sulfonamides is 1. The Labute approximate surface area is 193 Å². The topological polar surface area (TPSA) is 55.8 Å². The lowest BCUT2D eigenvalue weighted by Gasteiger charge is -2.39. The second-order valence-electron chi connectivity index (χ2n) is 8.67. The molecular formula is C26H35NO4S. The van der Waals surface area contributed by atoms with E-state index in [-0.39, 0.29) is 11.8 Å². The van der Waals surface area contributed by atoms with Gasteiger partial charge in [0.15, 0.2) is 0 Å². The van der Waals surface area contributed by atoms with Gasteiger partial charge >= 0.3 is 0 Å². The first-order valence-electron chi connectivity index (χ1n) is 11.2. The smallest absolute Gasteiger partial charge is 0.218 e. The van der Waals surface area contributed by atoms with Crippen LogP contribution in [0.4, 0.5) is 0 Å². The first kappa shape index (κ1) is 24.3. The Balaban J connectivity index is 1.94. The molecule has 1 saturated carbocycles. The van der Waals surface area contributed by atoms with E-state index < -0.39 is 15.3 Å². The van der Waals surface area contributed by atoms with E-state index in [4.69, 9.17) is 9.47 Å². The zero-order chi connectivity index (χ0) is 23.1. The highest BCUT2D eigenvalue weighted by atomic mass is 32.2. The Hall–Kier alpha value is -2.31. The molecule has 3 rings (SSSR count). The first-order valence-corrected chi connectivity index (χ1v) is 12.7. The number of methoxy groups -OCH3 is 2. The Bertz CT molecular complexity index is 916. The molecule has 0 spiro atoms. The van der Waals surface area contributed by atoms with Crippen molar-refractivity contribution in [1.29, 1.82) is 0 Å². The zero-order valence-electron chi connectivity index (χ0n) is 19.4. The van der Waals surface area contributed by atoms with E-state index in [0.717, 1.165) is 41.9 Å². The normalized spacial score (nSPS) is 16.2. The molecule has 0 bridgehead atoms. The summed E-state index contributed by atoms with van der Waals surface area (Å²) in [5.41, 5.74) is 1.87. The Morgan fingerprint density at radius 2 is 1.44 bits per heavy atom. The summed E-state index contributed by atoms with van der Waals surface area (Å²) >= 11 is 0. The van der Waals surface area contributed by atoms with E-state index in [1.54, 1.807) is 18.5 Å². The van der Waals surface area contributed by atoms with Crippen molar-refractivity contribution in [3.63, 3.8) is 0 Å². The maximum atomic E-state index is 14.1. The van der Waals surface area contributed by atoms with Crippen molar-refractivity contribution in [2.45, 2.75) is 50.9 Å². The number of allylic oxidation sites excluding steroid dienone is 1. The van der Waals surface area contributed by atoms with Crippen LogP contribution in [0.5, 0.6) is 11.5 Å². The largest absolute Gasteiger partial charge is 0.497 e. The molecule has 2 atom stereocenters. The van der Waals surface area contributed by atoms with Gasteiger partial charge in [-0.1, -0.05) is 43.7 Å². The first-order chi connectivity index (χ1) is 15.4. The van der Waals surface area contributed by atoms with Crippen molar-refractivity contribution >= 4 is 10.0 Å². The number of benzene rings is 2. The van der Waals surface area contributed by atoms with Crippen molar-refractivity contribution in [3.8, 4) is 11.5 Å². The fourth-order valence-electron chi connectivity index (χ4n) is 4.44. The van der Waals surface area contributed by atoms with Crippen LogP contribution in [0.2, 0.25) is 0 Å². The van der Waals surface area contributed by atoms with Gasteiger partial charge in [0, 0.05) is 13.1 Å². The Morgan fingerprint density at radius 1 is 0.969 bits per heavy atom. The minimum Gasteiger partial charge on any atom is -0.497 e. The monoisotopic (exact) mass is 457 g/mol. The fourth-order valence-corrected chi connectivity index (χ4v) is 6.90. The molecule has 5 nitrogen and oxygen atoms in total. The quantitative estimate of drug-likeness (QED) is 0.400. The summed E-state index contributed by atoms with van der Waals surface area (Å²) in [5, 5.41) is -0.397. The summed E-state index contributed by atoms with van der Waals surface area (Å²) in [5.74, 6) is 1.75. The third-order valence-corrected chi connectivity index (χ3v) is 8.97. The van der Waals surface area contributed by atoms with Crippen molar-refractivity contribution in [3.05, 3.63) is 72.3 Å². The van der Waals surface area contributed by atoms with Gasteiger partial charge in [0.05, 0.1) is 19.5 Å². The van der Waals surface area contributed by atoms with Crippen LogP contribution >= 0.6 is 0 Å². The second kappa shape index (κ2) is 11.0. The van der Waals surface area contributed by atoms with E-state index in [9.17, 15) is 8.42 Å². The summed E-state index contributed by atoms with van der Waals surface area (Å²) in [6, 6.07) is 15.2. The molecule has 0 aromatic heterocycles. The van der Waals surface area contributed by atoms with Crippen LogP contribution in [0.15, 0.2) is 61.2 Å². The summed E-state index contributed by atoms with van der Waals surface area (Å²) in [7, 11) is -0.300. The third kappa shape index (κ3) is 5.73. The second-order valence-corrected chi connectivity index (χ2v) is 10.8. The highest BCUT2D eigenvalue weighted by molar-refractivity contribution is 7.89. The predicted molar refractivity (Wildman–Crippen MR) is 129 cm³/mol. The maximum absolute atomic E-state index is 14.1. The van der Waals surface area contributed by atoms with E-state index in [0.29, 0.717) is 19.5 Å². The van der Waals surface area contributed by atoms with Crippen LogP contribution in [0.1, 0.15) is 43.7 Å². The van der Waals surface area contributed by atoms with E-state index in [2.05, 4.69) is 6.58 Å². The molecule has 1 fully saturated rings. The van der Waals surface area contributed by atoms with Gasteiger partial charge in [0.25, 0.3) is 0 Å². The van der Waals surface area contributed by atoms with Crippen LogP contribution in [0, 0.1) is 11.8 Å². The SMILES string of the molecule is C=CC[C@@H](C)C(C1CCC1)S(=O)(=O)N(Cc1ccc(OC)cc1)Cc1ccc(OC)cc1. The van der Waals surface area contributed by atoms with Crippen molar-refractivity contribution in [2.24, 2.45) is 11.8 Å². The summed E-state index contributed by atoms with van der Waals surface area (Å²) < 4.78 is 40.3. The van der Waals surface area contributed by atoms with Gasteiger partial charge in [0.1, 0.15) is 11.5 Å². The van der Waals surface area contributed by atoms with Crippen LogP contribution in [0.25, 0.3) is 0 Å². The molecule has 0 radical (unpaired) electrons. The molecule has 0 amide bonds. The lowest BCUT2D eigenvalue weighted by molar-refractivity contribution is 0.247. The van der Waals surface area contributed by atoms with Gasteiger partial charge in [-0.05, 0) is 66.5 Å². The molecule has 0 aliphatic heterocycles. The minimum absolute atomic E-state index is 0.0250. The molecular weight excluding hydrogens is 422 g/mol. The molecule has 1 aliphatic carbocycles. The molecule has 2 aromatic rings. The molecule has 6 heteroatoms. The predicted octanol–water partition coefficient (Wildman–Crippen LogP) is 5.42. The Kier molecular flexibility index (Phi) is 8.38. The molecule has 2 aromatic carbocycles. The van der Waals surface area contributed by atoms with Gasteiger partial charge in [-0.15, -0.1) is 6.58 Å². The van der Waals surface area contributed by atoms with Crippen molar-refractivity contribution < 1.29 is 17.9 Å². The van der Waals surface area contributed by atoms with Crippen LogP contribution in [-0.2, 0) is 23.1 Å². The van der Waals surface area contributed by atoms with Crippen molar-refractivity contribution in [2.75, 3.05) is 14.2 Å². The van der Waals surface area contributed by atoms with Gasteiger partial charge < -0.3 is 9.47 Å². The summed E-state index contributed by atoms with van der Waals surface area (Å²) in [6.07, 6.45) is 5.59. The molecule has 1 aliphatic rings. The number of nitrogens with zero attached hydrogens (tertiary/aromatic N) is 1. The standard InChI is InChI=1S/C26H35NO4S/c1-5-7-20(2)26(23-8-6-9-23)32(28,29)27(18-21-10-14-24(30-3)15-11-21)19-22-12-16-25(31-4)17-13-22/h5,10-17,20,23,26H,1,6-9,18-19H2,2-4H3/t20-,26?/m1/s1. The van der Waals surface area contributed by atoms with Crippen LogP contribution in [0.3, 0.4) is 0 Å². The highest BCUT2D eigenvalue weighted by Gasteiger charge is 2.43. The maximum Gasteiger partial charge on any atom is 0.218 e. The van der Waals surface area contributed by atoms with Gasteiger partial charge in [-0.3, -0.25) is 0 Å². The fraction of sp³-hybridized carbons (Fsp3) is 0.462. The summed E-state index contributed by atoms with van der Waals surface area (Å²) in [6.45, 7) is 6.54. The van der Waals surface area contributed by atoms with Gasteiger partial charge in [-0.25, -0.2) is 8.42 Å². The van der Waals surface area contributed by atoms with Gasteiger partial charge in [-0.2, -0.15) is 4.31 Å². The molecule has 0 heterocycles. The lowest BCUT2D eigenvalue weighted by Crippen LogP contribution is -2.46. The number of hydrogen-bond acceptors (Lipinski definition) is 4. The molecule has 0 N–H and O–H groups in total. The molecule has 32 heavy (non-hydrogen) atoms. The third-order valence-electron chi connectivity index (χ3n) is 6.45. The van der Waals surface area contributed by atoms with Crippen LogP contribution < -0.4 is 9.47 Å². The number of hydrogen-bond donors (Lipinski definition) is 0.